The minimum atomic E-state index is -0.551. The van der Waals surface area contributed by atoms with Gasteiger partial charge in [-0.3, -0.25) is 4.90 Å². The Labute approximate surface area is 335 Å². The van der Waals surface area contributed by atoms with Crippen molar-refractivity contribution in [1.82, 2.24) is 4.98 Å². The van der Waals surface area contributed by atoms with Gasteiger partial charge in [-0.2, -0.15) is 0 Å². The zero-order valence-corrected chi connectivity index (χ0v) is 31.7. The van der Waals surface area contributed by atoms with E-state index in [1.165, 1.54) is 64.7 Å². The second-order valence-corrected chi connectivity index (χ2v) is 16.1. The van der Waals surface area contributed by atoms with Crippen molar-refractivity contribution in [3.63, 3.8) is 0 Å². The average molecular weight is 743 g/mol. The van der Waals surface area contributed by atoms with Gasteiger partial charge in [0.1, 0.15) is 5.82 Å². The van der Waals surface area contributed by atoms with Gasteiger partial charge in [-0.1, -0.05) is 158 Å². The zero-order valence-electron chi connectivity index (χ0n) is 30.9. The summed E-state index contributed by atoms with van der Waals surface area (Å²) in [6.07, 6.45) is 0. The molecule has 0 unspecified atom stereocenters. The number of hydrogen-bond donors (Lipinski definition) is 0. The highest BCUT2D eigenvalue weighted by molar-refractivity contribution is 7.25. The molecule has 1 aliphatic heterocycles. The normalized spacial score (nSPS) is 13.4. The van der Waals surface area contributed by atoms with Gasteiger partial charge < -0.3 is 0 Å². The lowest BCUT2D eigenvalue weighted by Gasteiger charge is -2.44. The minimum absolute atomic E-state index is 0.551. The Bertz CT molecular complexity index is 3090. The van der Waals surface area contributed by atoms with Crippen molar-refractivity contribution in [2.75, 3.05) is 4.90 Å². The highest BCUT2D eigenvalue weighted by Gasteiger charge is 2.51. The van der Waals surface area contributed by atoms with E-state index in [4.69, 9.17) is 4.98 Å². The summed E-state index contributed by atoms with van der Waals surface area (Å²) in [5, 5.41) is 2.63. The fraction of sp³-hybridized carbons (Fsp3) is 0.0185. The molecule has 2 aromatic heterocycles. The molecule has 8 aromatic carbocycles. The lowest BCUT2D eigenvalue weighted by Crippen LogP contribution is -2.36. The molecule has 0 saturated heterocycles. The minimum Gasteiger partial charge on any atom is -0.294 e. The molecule has 0 radical (unpaired) electrons. The number of hydrogen-bond acceptors (Lipinski definition) is 3. The second-order valence-electron chi connectivity index (χ2n) is 15.1. The zero-order chi connectivity index (χ0) is 37.5. The quantitative estimate of drug-likeness (QED) is 0.178. The summed E-state index contributed by atoms with van der Waals surface area (Å²) in [4.78, 5) is 7.87. The first-order valence-electron chi connectivity index (χ1n) is 19.5. The number of nitrogens with zero attached hydrogens (tertiary/aromatic N) is 2. The molecule has 0 atom stereocenters. The first-order chi connectivity index (χ1) is 28.3. The molecule has 3 heteroatoms. The van der Waals surface area contributed by atoms with Crippen molar-refractivity contribution in [2.24, 2.45) is 0 Å². The van der Waals surface area contributed by atoms with Gasteiger partial charge in [0, 0.05) is 25.7 Å². The van der Waals surface area contributed by atoms with E-state index >= 15 is 0 Å². The topological polar surface area (TPSA) is 16.1 Å². The Hall–Kier alpha value is -7.07. The molecule has 10 aromatic rings. The van der Waals surface area contributed by atoms with E-state index in [2.05, 4.69) is 211 Å². The number of para-hydroxylation sites is 2. The van der Waals surface area contributed by atoms with E-state index in [1.54, 1.807) is 0 Å². The lowest BCUT2D eigenvalue weighted by atomic mass is 9.64. The SMILES string of the molecule is c1ccc(-c2cc(-c3ccccc3)nc(N3c4ccccc4C4(c5ccccc5-c5ccc(-c6ccc7sc8ccccc8c7c6)cc54)c4ccccc43)c2)cc1. The molecule has 0 bridgehead atoms. The molecule has 3 heterocycles. The molecular weight excluding hydrogens is 709 g/mol. The van der Waals surface area contributed by atoms with Gasteiger partial charge in [0.25, 0.3) is 0 Å². The van der Waals surface area contributed by atoms with Gasteiger partial charge in [-0.15, -0.1) is 11.3 Å². The van der Waals surface area contributed by atoms with Crippen LogP contribution in [-0.4, -0.2) is 4.98 Å². The third-order valence-electron chi connectivity index (χ3n) is 12.1. The Balaban J connectivity index is 1.11. The Morgan fingerprint density at radius 1 is 0.368 bits per heavy atom. The van der Waals surface area contributed by atoms with Gasteiger partial charge in [-0.25, -0.2) is 4.98 Å². The van der Waals surface area contributed by atoms with E-state index in [1.807, 2.05) is 11.3 Å². The Morgan fingerprint density at radius 2 is 0.947 bits per heavy atom. The summed E-state index contributed by atoms with van der Waals surface area (Å²) in [5.41, 5.74) is 16.2. The highest BCUT2D eigenvalue weighted by atomic mass is 32.1. The number of anilines is 3. The third-order valence-corrected chi connectivity index (χ3v) is 13.2. The third kappa shape index (κ3) is 4.73. The van der Waals surface area contributed by atoms with Crippen LogP contribution >= 0.6 is 11.3 Å². The molecule has 0 N–H and O–H groups in total. The summed E-state index contributed by atoms with van der Waals surface area (Å²) in [6.45, 7) is 0. The number of rotatable bonds is 4. The van der Waals surface area contributed by atoms with Crippen LogP contribution in [0.2, 0.25) is 0 Å². The fourth-order valence-corrected chi connectivity index (χ4v) is 10.7. The van der Waals surface area contributed by atoms with E-state index in [0.717, 1.165) is 39.6 Å². The number of benzene rings is 8. The fourth-order valence-electron chi connectivity index (χ4n) is 9.62. The van der Waals surface area contributed by atoms with Gasteiger partial charge in [0.2, 0.25) is 0 Å². The van der Waals surface area contributed by atoms with Crippen LogP contribution in [-0.2, 0) is 5.41 Å². The first kappa shape index (κ1) is 32.2. The molecule has 2 nitrogen and oxygen atoms in total. The maximum absolute atomic E-state index is 5.48. The summed E-state index contributed by atoms with van der Waals surface area (Å²) >= 11 is 1.87. The maximum atomic E-state index is 5.48. The van der Waals surface area contributed by atoms with Gasteiger partial charge in [0.15, 0.2) is 0 Å². The number of fused-ring (bicyclic) bond motifs is 12. The highest BCUT2D eigenvalue weighted by Crippen LogP contribution is 2.63. The van der Waals surface area contributed by atoms with Crippen LogP contribution in [0.3, 0.4) is 0 Å². The van der Waals surface area contributed by atoms with Crippen LogP contribution in [0.5, 0.6) is 0 Å². The predicted molar refractivity (Wildman–Crippen MR) is 239 cm³/mol. The lowest BCUT2D eigenvalue weighted by molar-refractivity contribution is 0.751. The largest absolute Gasteiger partial charge is 0.294 e. The van der Waals surface area contributed by atoms with Gasteiger partial charge in [-0.05, 0) is 104 Å². The van der Waals surface area contributed by atoms with E-state index in [-0.39, 0.29) is 0 Å². The number of aromatic nitrogens is 1. The monoisotopic (exact) mass is 742 g/mol. The summed E-state index contributed by atoms with van der Waals surface area (Å²) in [7, 11) is 0. The molecule has 0 fully saturated rings. The van der Waals surface area contributed by atoms with E-state index in [9.17, 15) is 0 Å². The first-order valence-corrected chi connectivity index (χ1v) is 20.4. The maximum Gasteiger partial charge on any atom is 0.138 e. The van der Waals surface area contributed by atoms with Crippen molar-refractivity contribution < 1.29 is 0 Å². The molecule has 12 rings (SSSR count). The number of thiophene rings is 1. The van der Waals surface area contributed by atoms with Crippen LogP contribution in [0.25, 0.3) is 64.8 Å². The molecule has 0 amide bonds. The Morgan fingerprint density at radius 3 is 1.72 bits per heavy atom. The molecule has 57 heavy (non-hydrogen) atoms. The average Bonchev–Trinajstić information content (AvgIpc) is 3.80. The smallest absolute Gasteiger partial charge is 0.138 e. The van der Waals surface area contributed by atoms with Crippen molar-refractivity contribution in [3.05, 3.63) is 229 Å². The van der Waals surface area contributed by atoms with Gasteiger partial charge >= 0.3 is 0 Å². The van der Waals surface area contributed by atoms with Crippen LogP contribution in [0.4, 0.5) is 17.2 Å². The second kappa shape index (κ2) is 12.5. The van der Waals surface area contributed by atoms with Gasteiger partial charge in [0.05, 0.1) is 22.5 Å². The van der Waals surface area contributed by atoms with Crippen LogP contribution in [0.15, 0.2) is 206 Å². The standard InChI is InChI=1S/C54H34N2S/c1-3-15-35(16-4-1)39-33-48(36-17-5-2-6-18-36)55-53(34-39)56-49-24-12-10-22-45(49)54(46-23-11-13-25-50(46)56)44-21-9-7-19-40(44)41-29-27-38(32-47(41)54)37-28-30-52-43(31-37)42-20-8-14-26-51(42)57-52/h1-34H. The van der Waals surface area contributed by atoms with Crippen molar-refractivity contribution >= 4 is 48.7 Å². The molecule has 266 valence electrons. The Kier molecular flexibility index (Phi) is 7.05. The molecular formula is C54H34N2S. The molecule has 1 aliphatic carbocycles. The van der Waals surface area contributed by atoms with Crippen LogP contribution in [0.1, 0.15) is 22.3 Å². The van der Waals surface area contributed by atoms with Crippen molar-refractivity contribution in [2.45, 2.75) is 5.41 Å². The summed E-state index contributed by atoms with van der Waals surface area (Å²) in [6, 6.07) is 75.7. The molecule has 0 saturated carbocycles. The summed E-state index contributed by atoms with van der Waals surface area (Å²) < 4.78 is 2.65. The van der Waals surface area contributed by atoms with E-state index < -0.39 is 5.41 Å². The molecule has 1 spiro atoms. The molecule has 2 aliphatic rings. The number of pyridine rings is 1. The van der Waals surface area contributed by atoms with Crippen molar-refractivity contribution in [3.8, 4) is 44.6 Å². The predicted octanol–water partition coefficient (Wildman–Crippen LogP) is 14.6. The summed E-state index contributed by atoms with van der Waals surface area (Å²) in [5.74, 6) is 0.890. The van der Waals surface area contributed by atoms with Crippen molar-refractivity contribution in [1.29, 1.82) is 0 Å². The van der Waals surface area contributed by atoms with E-state index in [0.29, 0.717) is 0 Å². The van der Waals surface area contributed by atoms with Crippen LogP contribution < -0.4 is 4.90 Å². The van der Waals surface area contributed by atoms with Crippen LogP contribution in [0, 0.1) is 0 Å².